The highest BCUT2D eigenvalue weighted by Crippen LogP contribution is 2.21. The summed E-state index contributed by atoms with van der Waals surface area (Å²) in [5, 5.41) is 5.31. The van der Waals surface area contributed by atoms with E-state index >= 15 is 0 Å². The van der Waals surface area contributed by atoms with E-state index in [4.69, 9.17) is 4.74 Å². The number of carbonyl (C=O) groups excluding carboxylic acids is 3. The van der Waals surface area contributed by atoms with E-state index in [0.29, 0.717) is 11.3 Å². The molecule has 6 nitrogen and oxygen atoms in total. The quantitative estimate of drug-likeness (QED) is 0.709. The lowest BCUT2D eigenvalue weighted by molar-refractivity contribution is -0.126. The number of rotatable bonds is 8. The van der Waals surface area contributed by atoms with E-state index in [9.17, 15) is 14.4 Å². The number of amides is 2. The topological polar surface area (TPSA) is 84.5 Å². The molecule has 2 rings (SSSR count). The smallest absolute Gasteiger partial charge is 0.239 e. The van der Waals surface area contributed by atoms with Gasteiger partial charge in [-0.25, -0.2) is 0 Å². The fourth-order valence-electron chi connectivity index (χ4n) is 2.18. The van der Waals surface area contributed by atoms with E-state index in [2.05, 4.69) is 10.6 Å². The number of ether oxygens (including phenoxy) is 1. The minimum atomic E-state index is -0.309. The van der Waals surface area contributed by atoms with E-state index in [1.54, 1.807) is 12.1 Å². The standard InChI is InChI=1S/C17H22N2O4/c1-11-3-7-15(23-2)13(9-11)14(20)6-8-16(21)18-10-17(22)19-12-4-5-12/h3,7,9,12H,4-6,8,10H2,1-2H3,(H,18,21)(H,19,22). The van der Waals surface area contributed by atoms with Crippen molar-refractivity contribution in [3.63, 3.8) is 0 Å². The second-order valence-electron chi connectivity index (χ2n) is 5.75. The van der Waals surface area contributed by atoms with Crippen LogP contribution >= 0.6 is 0 Å². The maximum Gasteiger partial charge on any atom is 0.239 e. The molecule has 124 valence electrons. The van der Waals surface area contributed by atoms with Gasteiger partial charge in [-0.15, -0.1) is 0 Å². The van der Waals surface area contributed by atoms with Gasteiger partial charge in [-0.2, -0.15) is 0 Å². The number of methoxy groups -OCH3 is 1. The van der Waals surface area contributed by atoms with Crippen molar-refractivity contribution in [1.82, 2.24) is 10.6 Å². The first kappa shape index (κ1) is 17.0. The third-order valence-electron chi connectivity index (χ3n) is 3.62. The van der Waals surface area contributed by atoms with Gasteiger partial charge < -0.3 is 15.4 Å². The van der Waals surface area contributed by atoms with Crippen molar-refractivity contribution in [1.29, 1.82) is 0 Å². The molecule has 1 aliphatic carbocycles. The molecule has 1 aliphatic rings. The summed E-state index contributed by atoms with van der Waals surface area (Å²) in [5.74, 6) is -0.142. The van der Waals surface area contributed by atoms with E-state index < -0.39 is 0 Å². The van der Waals surface area contributed by atoms with Gasteiger partial charge in [-0.1, -0.05) is 11.6 Å². The number of benzene rings is 1. The number of aryl methyl sites for hydroxylation is 1. The summed E-state index contributed by atoms with van der Waals surface area (Å²) in [4.78, 5) is 35.4. The van der Waals surface area contributed by atoms with Crippen LogP contribution in [0.3, 0.4) is 0 Å². The maximum atomic E-state index is 12.2. The Morgan fingerprint density at radius 2 is 1.91 bits per heavy atom. The third kappa shape index (κ3) is 5.39. The summed E-state index contributed by atoms with van der Waals surface area (Å²) in [7, 11) is 1.51. The van der Waals surface area contributed by atoms with Crippen molar-refractivity contribution >= 4 is 17.6 Å². The molecule has 1 aromatic carbocycles. The number of nitrogens with one attached hydrogen (secondary N) is 2. The number of ketones is 1. The first-order valence-electron chi connectivity index (χ1n) is 7.73. The average Bonchev–Trinajstić information content (AvgIpc) is 3.34. The summed E-state index contributed by atoms with van der Waals surface area (Å²) in [6.45, 7) is 1.85. The molecule has 1 aromatic rings. The minimum Gasteiger partial charge on any atom is -0.496 e. The highest BCUT2D eigenvalue weighted by molar-refractivity contribution is 6.00. The fourth-order valence-corrected chi connectivity index (χ4v) is 2.18. The number of carbonyl (C=O) groups is 3. The Balaban J connectivity index is 1.78. The van der Waals surface area contributed by atoms with Crippen LogP contribution in [-0.4, -0.2) is 37.3 Å². The Kier molecular flexibility index (Phi) is 5.73. The zero-order valence-corrected chi connectivity index (χ0v) is 13.5. The number of hydrogen-bond acceptors (Lipinski definition) is 4. The van der Waals surface area contributed by atoms with Gasteiger partial charge in [0.2, 0.25) is 11.8 Å². The van der Waals surface area contributed by atoms with E-state index in [-0.39, 0.29) is 43.0 Å². The van der Waals surface area contributed by atoms with E-state index in [0.717, 1.165) is 18.4 Å². The Hall–Kier alpha value is -2.37. The lowest BCUT2D eigenvalue weighted by atomic mass is 10.0. The first-order valence-corrected chi connectivity index (χ1v) is 7.73. The Morgan fingerprint density at radius 1 is 1.17 bits per heavy atom. The fraction of sp³-hybridized carbons (Fsp3) is 0.471. The molecule has 23 heavy (non-hydrogen) atoms. The van der Waals surface area contributed by atoms with Gasteiger partial charge in [0, 0.05) is 18.9 Å². The molecule has 0 aliphatic heterocycles. The maximum absolute atomic E-state index is 12.2. The summed E-state index contributed by atoms with van der Waals surface area (Å²) in [6.07, 6.45) is 2.14. The molecule has 0 atom stereocenters. The summed E-state index contributed by atoms with van der Waals surface area (Å²) in [5.41, 5.74) is 1.43. The normalized spacial score (nSPS) is 13.3. The average molecular weight is 318 g/mol. The predicted molar refractivity (Wildman–Crippen MR) is 85.5 cm³/mol. The SMILES string of the molecule is COc1ccc(C)cc1C(=O)CCC(=O)NCC(=O)NC1CC1. The lowest BCUT2D eigenvalue weighted by Gasteiger charge is -2.09. The van der Waals surface area contributed by atoms with Crippen LogP contribution in [0, 0.1) is 6.92 Å². The highest BCUT2D eigenvalue weighted by Gasteiger charge is 2.23. The van der Waals surface area contributed by atoms with Crippen molar-refractivity contribution in [2.75, 3.05) is 13.7 Å². The second-order valence-corrected chi connectivity index (χ2v) is 5.75. The van der Waals surface area contributed by atoms with Gasteiger partial charge in [-0.3, -0.25) is 14.4 Å². The molecular formula is C17H22N2O4. The molecule has 0 radical (unpaired) electrons. The third-order valence-corrected chi connectivity index (χ3v) is 3.62. The molecule has 0 aromatic heterocycles. The molecule has 0 bridgehead atoms. The first-order chi connectivity index (χ1) is 11.0. The van der Waals surface area contributed by atoms with Crippen LogP contribution in [0.5, 0.6) is 5.75 Å². The van der Waals surface area contributed by atoms with Gasteiger partial charge in [0.25, 0.3) is 0 Å². The van der Waals surface area contributed by atoms with Gasteiger partial charge >= 0.3 is 0 Å². The van der Waals surface area contributed by atoms with Crippen molar-refractivity contribution in [2.24, 2.45) is 0 Å². The van der Waals surface area contributed by atoms with Crippen LogP contribution in [0.15, 0.2) is 18.2 Å². The van der Waals surface area contributed by atoms with Crippen LogP contribution in [0.4, 0.5) is 0 Å². The largest absolute Gasteiger partial charge is 0.496 e. The zero-order chi connectivity index (χ0) is 16.8. The van der Waals surface area contributed by atoms with Gasteiger partial charge in [-0.05, 0) is 31.9 Å². The Morgan fingerprint density at radius 3 is 2.57 bits per heavy atom. The molecule has 6 heteroatoms. The van der Waals surface area contributed by atoms with Crippen molar-refractivity contribution in [3.8, 4) is 5.75 Å². The highest BCUT2D eigenvalue weighted by atomic mass is 16.5. The van der Waals surface area contributed by atoms with Crippen LogP contribution in [0.1, 0.15) is 41.6 Å². The zero-order valence-electron chi connectivity index (χ0n) is 13.5. The van der Waals surface area contributed by atoms with Gasteiger partial charge in [0.15, 0.2) is 5.78 Å². The van der Waals surface area contributed by atoms with Crippen LogP contribution in [0.2, 0.25) is 0 Å². The summed E-state index contributed by atoms with van der Waals surface area (Å²) < 4.78 is 5.18. The lowest BCUT2D eigenvalue weighted by Crippen LogP contribution is -2.37. The summed E-state index contributed by atoms with van der Waals surface area (Å²) >= 11 is 0. The molecule has 1 fully saturated rings. The molecule has 0 heterocycles. The second kappa shape index (κ2) is 7.76. The molecule has 2 amide bonds. The van der Waals surface area contributed by atoms with Crippen molar-refractivity contribution in [3.05, 3.63) is 29.3 Å². The van der Waals surface area contributed by atoms with E-state index in [1.807, 2.05) is 13.0 Å². The van der Waals surface area contributed by atoms with Crippen LogP contribution < -0.4 is 15.4 Å². The predicted octanol–water partition coefficient (Wildman–Crippen LogP) is 1.36. The molecule has 0 unspecified atom stereocenters. The van der Waals surface area contributed by atoms with Gasteiger partial charge in [0.1, 0.15) is 5.75 Å². The number of hydrogen-bond donors (Lipinski definition) is 2. The summed E-state index contributed by atoms with van der Waals surface area (Å²) in [6, 6.07) is 5.63. The molecule has 0 spiro atoms. The van der Waals surface area contributed by atoms with Crippen LogP contribution in [0.25, 0.3) is 0 Å². The van der Waals surface area contributed by atoms with E-state index in [1.165, 1.54) is 7.11 Å². The molecule has 0 saturated heterocycles. The van der Waals surface area contributed by atoms with Gasteiger partial charge in [0.05, 0.1) is 19.2 Å². The van der Waals surface area contributed by atoms with Crippen molar-refractivity contribution in [2.45, 2.75) is 38.6 Å². The Labute approximate surface area is 135 Å². The van der Waals surface area contributed by atoms with Crippen molar-refractivity contribution < 1.29 is 19.1 Å². The monoisotopic (exact) mass is 318 g/mol. The molecular weight excluding hydrogens is 296 g/mol. The molecule has 2 N–H and O–H groups in total. The Bertz CT molecular complexity index is 609. The number of Topliss-reactive ketones (excluding diaryl/α,β-unsaturated/α-hetero) is 1. The van der Waals surface area contributed by atoms with Crippen LogP contribution in [-0.2, 0) is 9.59 Å². The molecule has 1 saturated carbocycles. The minimum absolute atomic E-state index is 0.0444.